The second kappa shape index (κ2) is 10.3. The minimum absolute atomic E-state index is 0. The summed E-state index contributed by atoms with van der Waals surface area (Å²) in [6, 6.07) is 11.3. The van der Waals surface area contributed by atoms with Gasteiger partial charge in [0.15, 0.2) is 5.78 Å². The molecule has 0 atom stereocenters. The number of benzene rings is 1. The molecule has 1 fully saturated rings. The molecule has 0 unspecified atom stereocenters. The van der Waals surface area contributed by atoms with Crippen molar-refractivity contribution in [1.82, 2.24) is 20.3 Å². The Morgan fingerprint density at radius 1 is 1.15 bits per heavy atom. The van der Waals surface area contributed by atoms with Crippen LogP contribution in [0.1, 0.15) is 45.7 Å². The van der Waals surface area contributed by atoms with E-state index in [0.29, 0.717) is 18.3 Å². The molecule has 1 aliphatic carbocycles. The van der Waals surface area contributed by atoms with E-state index in [1.807, 2.05) is 38.1 Å². The third-order valence-corrected chi connectivity index (χ3v) is 5.15. The molecule has 0 saturated heterocycles. The lowest BCUT2D eigenvalue weighted by atomic mass is 10.0. The van der Waals surface area contributed by atoms with Crippen LogP contribution < -0.4 is 15.4 Å². The fourth-order valence-electron chi connectivity index (χ4n) is 3.24. The van der Waals surface area contributed by atoms with Gasteiger partial charge >= 0.3 is 0 Å². The van der Waals surface area contributed by atoms with Crippen molar-refractivity contribution in [2.45, 2.75) is 39.3 Å². The highest BCUT2D eigenvalue weighted by Crippen LogP contribution is 2.31. The zero-order valence-corrected chi connectivity index (χ0v) is 18.7. The van der Waals surface area contributed by atoms with Gasteiger partial charge in [-0.1, -0.05) is 26.0 Å². The molecular formula is C25H31N5O3. The molecule has 0 bridgehead atoms. The van der Waals surface area contributed by atoms with Gasteiger partial charge in [0.1, 0.15) is 17.8 Å². The normalized spacial score (nSPS) is 13.1. The van der Waals surface area contributed by atoms with Gasteiger partial charge in [-0.05, 0) is 42.7 Å². The Bertz CT molecular complexity index is 1140. The molecule has 2 aromatic heterocycles. The quantitative estimate of drug-likeness (QED) is 0.448. The van der Waals surface area contributed by atoms with Crippen LogP contribution in [0.15, 0.2) is 55.1 Å². The minimum Gasteiger partial charge on any atom is -0.490 e. The highest BCUT2D eigenvalue weighted by atomic mass is 16.5. The van der Waals surface area contributed by atoms with Crippen molar-refractivity contribution in [3.05, 3.63) is 66.5 Å². The fourth-order valence-corrected chi connectivity index (χ4v) is 3.24. The Kier molecular flexibility index (Phi) is 7.04. The molecule has 1 amide bonds. The van der Waals surface area contributed by atoms with Crippen molar-refractivity contribution in [3.8, 4) is 16.9 Å². The predicted molar refractivity (Wildman–Crippen MR) is 129 cm³/mol. The number of carbonyl (C=O) groups excluding carboxylic acids is 2. The SMILES string of the molecule is CC(C)C(=O)c1ncc(-c2cccc(OC3CC3)c2)cc1NC(=O)CNCc1ccncn1.[HH].[HH]. The summed E-state index contributed by atoms with van der Waals surface area (Å²) in [5.74, 6) is 0.158. The average Bonchev–Trinajstić information content (AvgIpc) is 3.63. The summed E-state index contributed by atoms with van der Waals surface area (Å²) >= 11 is 0. The number of nitrogens with zero attached hydrogens (tertiary/aromatic N) is 3. The minimum atomic E-state index is -0.272. The first kappa shape index (κ1) is 22.5. The van der Waals surface area contributed by atoms with Crippen LogP contribution in [-0.4, -0.2) is 39.3 Å². The zero-order chi connectivity index (χ0) is 23.2. The number of amides is 1. The van der Waals surface area contributed by atoms with Crippen LogP contribution in [0, 0.1) is 5.92 Å². The summed E-state index contributed by atoms with van der Waals surface area (Å²) in [7, 11) is 0. The van der Waals surface area contributed by atoms with E-state index in [1.165, 1.54) is 6.33 Å². The summed E-state index contributed by atoms with van der Waals surface area (Å²) in [5, 5.41) is 5.90. The van der Waals surface area contributed by atoms with Gasteiger partial charge in [0.25, 0.3) is 0 Å². The number of anilines is 1. The number of carbonyl (C=O) groups is 2. The zero-order valence-electron chi connectivity index (χ0n) is 18.7. The summed E-state index contributed by atoms with van der Waals surface area (Å²) in [4.78, 5) is 37.7. The van der Waals surface area contributed by atoms with Crippen molar-refractivity contribution in [2.24, 2.45) is 5.92 Å². The van der Waals surface area contributed by atoms with Crippen LogP contribution in [0.4, 0.5) is 5.69 Å². The number of nitrogens with one attached hydrogen (secondary N) is 2. The highest BCUT2D eigenvalue weighted by molar-refractivity contribution is 6.05. The van der Waals surface area contributed by atoms with Crippen molar-refractivity contribution in [3.63, 3.8) is 0 Å². The lowest BCUT2D eigenvalue weighted by Gasteiger charge is -2.14. The number of Topliss-reactive ketones (excluding diaryl/α,β-unsaturated/α-hetero) is 1. The summed E-state index contributed by atoms with van der Waals surface area (Å²) in [5.41, 5.74) is 3.13. The lowest BCUT2D eigenvalue weighted by molar-refractivity contribution is -0.115. The topological polar surface area (TPSA) is 106 Å². The van der Waals surface area contributed by atoms with Crippen molar-refractivity contribution < 1.29 is 17.2 Å². The van der Waals surface area contributed by atoms with Crippen molar-refractivity contribution >= 4 is 17.4 Å². The monoisotopic (exact) mass is 449 g/mol. The molecule has 3 aromatic rings. The van der Waals surface area contributed by atoms with Crippen LogP contribution >= 0.6 is 0 Å². The maximum absolute atomic E-state index is 12.7. The number of rotatable bonds is 10. The van der Waals surface area contributed by atoms with E-state index in [2.05, 4.69) is 25.6 Å². The lowest BCUT2D eigenvalue weighted by Crippen LogP contribution is -2.29. The van der Waals surface area contributed by atoms with Crippen molar-refractivity contribution in [1.29, 1.82) is 0 Å². The van der Waals surface area contributed by atoms with E-state index in [-0.39, 0.29) is 32.7 Å². The smallest absolute Gasteiger partial charge is 0.238 e. The van der Waals surface area contributed by atoms with Gasteiger partial charge in [-0.2, -0.15) is 0 Å². The molecule has 0 aliphatic heterocycles. The molecule has 4 rings (SSSR count). The number of ether oxygens (including phenoxy) is 1. The molecule has 0 spiro atoms. The third-order valence-electron chi connectivity index (χ3n) is 5.15. The highest BCUT2D eigenvalue weighted by Gasteiger charge is 2.24. The third kappa shape index (κ3) is 6.20. The largest absolute Gasteiger partial charge is 0.490 e. The number of hydrogen-bond acceptors (Lipinski definition) is 7. The van der Waals surface area contributed by atoms with Crippen LogP contribution in [0.5, 0.6) is 5.75 Å². The molecule has 1 saturated carbocycles. The van der Waals surface area contributed by atoms with Gasteiger partial charge in [0.2, 0.25) is 5.91 Å². The Labute approximate surface area is 195 Å². The first-order valence-electron chi connectivity index (χ1n) is 11.1. The molecular weight excluding hydrogens is 418 g/mol. The van der Waals surface area contributed by atoms with Gasteiger partial charge in [0.05, 0.1) is 24.0 Å². The van der Waals surface area contributed by atoms with Crippen LogP contribution in [0.25, 0.3) is 11.1 Å². The molecule has 8 nitrogen and oxygen atoms in total. The Morgan fingerprint density at radius 2 is 2.00 bits per heavy atom. The Morgan fingerprint density at radius 3 is 2.73 bits per heavy atom. The average molecular weight is 450 g/mol. The molecule has 0 radical (unpaired) electrons. The van der Waals surface area contributed by atoms with Gasteiger partial charge < -0.3 is 15.4 Å². The first-order valence-corrected chi connectivity index (χ1v) is 11.1. The molecule has 33 heavy (non-hydrogen) atoms. The Hall–Kier alpha value is -3.65. The molecule has 8 heteroatoms. The molecule has 2 N–H and O–H groups in total. The molecule has 2 heterocycles. The number of hydrogen-bond donors (Lipinski definition) is 2. The summed E-state index contributed by atoms with van der Waals surface area (Å²) in [6.45, 7) is 4.12. The summed E-state index contributed by atoms with van der Waals surface area (Å²) < 4.78 is 5.89. The van der Waals surface area contributed by atoms with E-state index < -0.39 is 0 Å². The number of aromatic nitrogens is 3. The van der Waals surface area contributed by atoms with E-state index in [4.69, 9.17) is 4.74 Å². The fraction of sp³-hybridized carbons (Fsp3) is 0.320. The van der Waals surface area contributed by atoms with Gasteiger partial charge in [-0.3, -0.25) is 14.6 Å². The molecule has 1 aliphatic rings. The Balaban J connectivity index is 0.00000216. The van der Waals surface area contributed by atoms with Gasteiger partial charge in [0, 0.05) is 33.3 Å². The summed E-state index contributed by atoms with van der Waals surface area (Å²) in [6.07, 6.45) is 7.24. The maximum atomic E-state index is 12.7. The van der Waals surface area contributed by atoms with E-state index in [9.17, 15) is 9.59 Å². The van der Waals surface area contributed by atoms with Crippen LogP contribution in [0.2, 0.25) is 0 Å². The van der Waals surface area contributed by atoms with Crippen molar-refractivity contribution in [2.75, 3.05) is 11.9 Å². The van der Waals surface area contributed by atoms with Crippen LogP contribution in [-0.2, 0) is 11.3 Å². The maximum Gasteiger partial charge on any atom is 0.238 e. The number of ketones is 1. The van der Waals surface area contributed by atoms with Crippen LogP contribution in [0.3, 0.4) is 0 Å². The van der Waals surface area contributed by atoms with Gasteiger partial charge in [-0.15, -0.1) is 0 Å². The predicted octanol–water partition coefficient (Wildman–Crippen LogP) is 4.14. The molecule has 1 aromatic carbocycles. The first-order chi connectivity index (χ1) is 16.0. The second-order valence-electron chi connectivity index (χ2n) is 8.34. The van der Waals surface area contributed by atoms with Gasteiger partial charge in [-0.25, -0.2) is 9.97 Å². The van der Waals surface area contributed by atoms with E-state index in [0.717, 1.165) is 35.4 Å². The second-order valence-corrected chi connectivity index (χ2v) is 8.34. The number of pyridine rings is 1. The molecule has 174 valence electrons. The van der Waals surface area contributed by atoms with E-state index >= 15 is 0 Å². The standard InChI is InChI=1S/C25H27N5O3.2H2/c1-16(2)25(32)24-22(30-23(31)14-27-13-19-8-9-26-15-29-19)11-18(12-28-24)17-4-3-5-21(10-17)33-20-6-7-20;;/h3-5,8-12,15-16,20,27H,6-7,13-14H2,1-2H3,(H,30,31);2*1H. The van der Waals surface area contributed by atoms with E-state index in [1.54, 1.807) is 24.5 Å².